The van der Waals surface area contributed by atoms with E-state index in [2.05, 4.69) is 29.7 Å². The van der Waals surface area contributed by atoms with Gasteiger partial charge in [-0.2, -0.15) is 0 Å². The van der Waals surface area contributed by atoms with Gasteiger partial charge in [0.2, 0.25) is 0 Å². The lowest BCUT2D eigenvalue weighted by atomic mass is 9.98. The van der Waals surface area contributed by atoms with Crippen molar-refractivity contribution in [2.75, 3.05) is 13.1 Å². The van der Waals surface area contributed by atoms with Crippen molar-refractivity contribution in [2.24, 2.45) is 0 Å². The van der Waals surface area contributed by atoms with Crippen molar-refractivity contribution in [1.29, 1.82) is 0 Å². The van der Waals surface area contributed by atoms with Crippen molar-refractivity contribution in [3.8, 4) is 0 Å². The highest BCUT2D eigenvalue weighted by molar-refractivity contribution is 5.93. The first kappa shape index (κ1) is 19.6. The zero-order valence-corrected chi connectivity index (χ0v) is 17.5. The Morgan fingerprint density at radius 1 is 1.16 bits per heavy atom. The Kier molecular flexibility index (Phi) is 4.90. The summed E-state index contributed by atoms with van der Waals surface area (Å²) in [6.07, 6.45) is 1.85. The number of urea groups is 1. The molecule has 7 heteroatoms. The highest BCUT2D eigenvalue weighted by atomic mass is 16.5. The van der Waals surface area contributed by atoms with Crippen LogP contribution in [0.15, 0.2) is 48.5 Å². The largest absolute Gasteiger partial charge is 0.338 e. The first-order valence-corrected chi connectivity index (χ1v) is 10.8. The van der Waals surface area contributed by atoms with E-state index in [1.54, 1.807) is 17.6 Å². The summed E-state index contributed by atoms with van der Waals surface area (Å²) < 4.78 is 2.30. The molecule has 160 valence electrons. The molecule has 1 fully saturated rings. The summed E-state index contributed by atoms with van der Waals surface area (Å²) in [6, 6.07) is 16.0. The van der Waals surface area contributed by atoms with Gasteiger partial charge in [-0.25, -0.2) is 10.3 Å². The molecule has 1 unspecified atom stereocenters. The number of hydroxylamine groups is 1. The SMILES string of the molecule is CCCN1CC2Cc3c(n(Cc4ccc(C(=O)NO)cc4)c4ccccc34)CN2C1=O. The van der Waals surface area contributed by atoms with Gasteiger partial charge >= 0.3 is 6.03 Å². The van der Waals surface area contributed by atoms with Gasteiger partial charge in [0, 0.05) is 41.8 Å². The Morgan fingerprint density at radius 3 is 2.68 bits per heavy atom. The van der Waals surface area contributed by atoms with E-state index in [4.69, 9.17) is 5.21 Å². The van der Waals surface area contributed by atoms with E-state index in [1.807, 2.05) is 28.0 Å². The van der Waals surface area contributed by atoms with Crippen LogP contribution < -0.4 is 5.48 Å². The molecule has 3 amide bonds. The van der Waals surface area contributed by atoms with Gasteiger partial charge in [-0.05, 0) is 42.2 Å². The molecule has 3 heterocycles. The predicted molar refractivity (Wildman–Crippen MR) is 117 cm³/mol. The number of carbonyl (C=O) groups excluding carboxylic acids is 2. The first-order chi connectivity index (χ1) is 15.1. The monoisotopic (exact) mass is 418 g/mol. The molecule has 7 nitrogen and oxygen atoms in total. The number of nitrogens with zero attached hydrogens (tertiary/aromatic N) is 3. The summed E-state index contributed by atoms with van der Waals surface area (Å²) >= 11 is 0. The third kappa shape index (κ3) is 3.25. The summed E-state index contributed by atoms with van der Waals surface area (Å²) in [5.41, 5.74) is 6.84. The number of hydrogen-bond acceptors (Lipinski definition) is 3. The molecule has 2 N–H and O–H groups in total. The number of nitrogens with one attached hydrogen (secondary N) is 1. The van der Waals surface area contributed by atoms with E-state index in [0.717, 1.165) is 31.5 Å². The van der Waals surface area contributed by atoms with Gasteiger partial charge in [-0.1, -0.05) is 37.3 Å². The van der Waals surface area contributed by atoms with Crippen LogP contribution in [-0.4, -0.2) is 50.6 Å². The standard InChI is InChI=1S/C24H26N4O3/c1-2-11-26-14-18-12-20-19-5-3-4-6-21(19)28(22(20)15-27(18)24(26)30)13-16-7-9-17(10-8-16)23(29)25-31/h3-10,18,31H,2,11-15H2,1H3,(H,25,29). The van der Waals surface area contributed by atoms with Crippen molar-refractivity contribution in [2.45, 2.75) is 38.9 Å². The van der Waals surface area contributed by atoms with E-state index < -0.39 is 5.91 Å². The molecular weight excluding hydrogens is 392 g/mol. The Hall–Kier alpha value is -3.32. The molecule has 31 heavy (non-hydrogen) atoms. The minimum Gasteiger partial charge on any atom is -0.338 e. The van der Waals surface area contributed by atoms with Crippen LogP contribution in [-0.2, 0) is 19.5 Å². The van der Waals surface area contributed by atoms with Crippen molar-refractivity contribution >= 4 is 22.8 Å². The molecule has 0 spiro atoms. The zero-order valence-electron chi connectivity index (χ0n) is 17.5. The van der Waals surface area contributed by atoms with Crippen LogP contribution in [0.4, 0.5) is 4.79 Å². The summed E-state index contributed by atoms with van der Waals surface area (Å²) in [4.78, 5) is 28.6. The average Bonchev–Trinajstić information content (AvgIpc) is 3.27. The molecule has 1 atom stereocenters. The quantitative estimate of drug-likeness (QED) is 0.493. The van der Waals surface area contributed by atoms with Gasteiger partial charge < -0.3 is 14.4 Å². The number of hydrogen-bond donors (Lipinski definition) is 2. The topological polar surface area (TPSA) is 77.8 Å². The summed E-state index contributed by atoms with van der Waals surface area (Å²) in [5, 5.41) is 10.1. The number of fused-ring (bicyclic) bond motifs is 4. The van der Waals surface area contributed by atoms with Crippen molar-refractivity contribution in [1.82, 2.24) is 19.8 Å². The molecule has 5 rings (SSSR count). The third-order valence-electron chi connectivity index (χ3n) is 6.49. The third-order valence-corrected chi connectivity index (χ3v) is 6.49. The first-order valence-electron chi connectivity index (χ1n) is 10.8. The van der Waals surface area contributed by atoms with Gasteiger partial charge in [-0.3, -0.25) is 10.0 Å². The van der Waals surface area contributed by atoms with Crippen LogP contribution in [0.25, 0.3) is 10.9 Å². The Morgan fingerprint density at radius 2 is 1.94 bits per heavy atom. The highest BCUT2D eigenvalue weighted by Crippen LogP contribution is 2.36. The number of carbonyl (C=O) groups is 2. The van der Waals surface area contributed by atoms with Gasteiger partial charge in [0.05, 0.1) is 12.6 Å². The lowest BCUT2D eigenvalue weighted by molar-refractivity contribution is 0.0706. The second-order valence-corrected chi connectivity index (χ2v) is 8.38. The summed E-state index contributed by atoms with van der Waals surface area (Å²) in [5.74, 6) is -0.523. The van der Waals surface area contributed by atoms with Crippen LogP contribution in [0, 0.1) is 0 Å². The van der Waals surface area contributed by atoms with Gasteiger partial charge in [0.25, 0.3) is 5.91 Å². The zero-order chi connectivity index (χ0) is 21.5. The van der Waals surface area contributed by atoms with E-state index in [1.165, 1.54) is 22.2 Å². The number of benzene rings is 2. The Bertz CT molecular complexity index is 1150. The van der Waals surface area contributed by atoms with Crippen LogP contribution in [0.5, 0.6) is 0 Å². The van der Waals surface area contributed by atoms with Crippen molar-refractivity contribution in [3.05, 3.63) is 70.9 Å². The minimum atomic E-state index is -0.523. The fraction of sp³-hybridized carbons (Fsp3) is 0.333. The number of rotatable bonds is 5. The van der Waals surface area contributed by atoms with Gasteiger partial charge in [0.15, 0.2) is 0 Å². The van der Waals surface area contributed by atoms with Crippen molar-refractivity contribution < 1.29 is 14.8 Å². The van der Waals surface area contributed by atoms with Crippen LogP contribution >= 0.6 is 0 Å². The molecule has 0 radical (unpaired) electrons. The molecule has 0 saturated carbocycles. The van der Waals surface area contributed by atoms with Crippen LogP contribution in [0.3, 0.4) is 0 Å². The lowest BCUT2D eigenvalue weighted by Gasteiger charge is -2.29. The second-order valence-electron chi connectivity index (χ2n) is 8.38. The van der Waals surface area contributed by atoms with E-state index in [0.29, 0.717) is 18.7 Å². The molecule has 1 aromatic heterocycles. The maximum absolute atomic E-state index is 12.9. The Labute approximate surface area is 180 Å². The summed E-state index contributed by atoms with van der Waals surface area (Å²) in [7, 11) is 0. The molecule has 1 saturated heterocycles. The normalized spacial score (nSPS) is 17.7. The number of para-hydroxylation sites is 1. The van der Waals surface area contributed by atoms with Crippen LogP contribution in [0.1, 0.15) is 40.5 Å². The smallest absolute Gasteiger partial charge is 0.320 e. The number of aromatic nitrogens is 1. The number of amides is 3. The molecule has 3 aromatic rings. The molecule has 2 aliphatic rings. The second kappa shape index (κ2) is 7.74. The average molecular weight is 418 g/mol. The molecular formula is C24H26N4O3. The van der Waals surface area contributed by atoms with E-state index >= 15 is 0 Å². The minimum absolute atomic E-state index is 0.147. The fourth-order valence-electron chi connectivity index (χ4n) is 5.02. The van der Waals surface area contributed by atoms with Gasteiger partial charge in [0.1, 0.15) is 0 Å². The van der Waals surface area contributed by atoms with E-state index in [-0.39, 0.29) is 12.1 Å². The molecule has 0 bridgehead atoms. The molecule has 2 aliphatic heterocycles. The highest BCUT2D eigenvalue weighted by Gasteiger charge is 2.41. The maximum Gasteiger partial charge on any atom is 0.320 e. The fourth-order valence-corrected chi connectivity index (χ4v) is 5.02. The maximum atomic E-state index is 12.9. The van der Waals surface area contributed by atoms with E-state index in [9.17, 15) is 9.59 Å². The molecule has 2 aromatic carbocycles. The molecule has 0 aliphatic carbocycles. The van der Waals surface area contributed by atoms with Crippen molar-refractivity contribution in [3.63, 3.8) is 0 Å². The lowest BCUT2D eigenvalue weighted by Crippen LogP contribution is -2.39. The Balaban J connectivity index is 1.51. The predicted octanol–water partition coefficient (Wildman–Crippen LogP) is 3.38. The van der Waals surface area contributed by atoms with Gasteiger partial charge in [-0.15, -0.1) is 0 Å². The summed E-state index contributed by atoms with van der Waals surface area (Å²) in [6.45, 7) is 5.00. The van der Waals surface area contributed by atoms with Crippen LogP contribution in [0.2, 0.25) is 0 Å².